The van der Waals surface area contributed by atoms with Crippen molar-refractivity contribution in [2.45, 2.75) is 25.2 Å². The molecule has 1 unspecified atom stereocenters. The summed E-state index contributed by atoms with van der Waals surface area (Å²) in [5.41, 5.74) is 0.674. The van der Waals surface area contributed by atoms with E-state index in [1.807, 2.05) is 18.2 Å². The lowest BCUT2D eigenvalue weighted by atomic mass is 9.96. The van der Waals surface area contributed by atoms with Crippen LogP contribution >= 0.6 is 0 Å². The zero-order valence-corrected chi connectivity index (χ0v) is 17.3. The molecule has 1 aliphatic rings. The number of carbonyl (C=O) groups excluding carboxylic acids is 1. The highest BCUT2D eigenvalue weighted by Gasteiger charge is 2.28. The second-order valence-electron chi connectivity index (χ2n) is 7.77. The topological polar surface area (TPSA) is 113 Å². The number of hydrogen-bond acceptors (Lipinski definition) is 7. The van der Waals surface area contributed by atoms with Crippen molar-refractivity contribution in [3.63, 3.8) is 0 Å². The van der Waals surface area contributed by atoms with Crippen molar-refractivity contribution < 1.29 is 14.4 Å². The van der Waals surface area contributed by atoms with Crippen LogP contribution in [-0.4, -0.2) is 50.3 Å². The van der Waals surface area contributed by atoms with Gasteiger partial charge in [0.05, 0.1) is 6.20 Å². The zero-order valence-electron chi connectivity index (χ0n) is 17.3. The standard InChI is InChI=1S/C22H25N5O4/c1-26-20(16-8-5-10-27(13-16)11-9-15-6-3-2-4-7-15)25-18(19(28)22(26)30)21(29)24-17-12-23-31-14-17/h2-4,6-7,12,14,16,28H,5,8-11,13H2,1H3,(H,24,29). The second kappa shape index (κ2) is 9.13. The summed E-state index contributed by atoms with van der Waals surface area (Å²) in [6.45, 7) is 2.63. The van der Waals surface area contributed by atoms with Gasteiger partial charge in [0.25, 0.3) is 11.5 Å². The SMILES string of the molecule is Cn1c(C2CCCN(CCc3ccccc3)C2)nc(C(=O)Nc2cnoc2)c(O)c1=O. The Morgan fingerprint density at radius 3 is 2.87 bits per heavy atom. The van der Waals surface area contributed by atoms with Gasteiger partial charge in [-0.05, 0) is 31.4 Å². The number of rotatable bonds is 6. The predicted octanol–water partition coefficient (Wildman–Crippen LogP) is 2.15. The number of aromatic nitrogens is 3. The van der Waals surface area contributed by atoms with Gasteiger partial charge >= 0.3 is 0 Å². The average molecular weight is 423 g/mol. The first kappa shape index (κ1) is 20.8. The molecular formula is C22H25N5O4. The van der Waals surface area contributed by atoms with Crippen LogP contribution in [0, 0.1) is 0 Å². The first-order valence-corrected chi connectivity index (χ1v) is 10.3. The van der Waals surface area contributed by atoms with Gasteiger partial charge in [-0.2, -0.15) is 0 Å². The Kier molecular flexibility index (Phi) is 6.13. The van der Waals surface area contributed by atoms with Crippen LogP contribution in [0.4, 0.5) is 5.69 Å². The number of hydrogen-bond donors (Lipinski definition) is 2. The van der Waals surface area contributed by atoms with E-state index in [9.17, 15) is 14.7 Å². The van der Waals surface area contributed by atoms with Gasteiger partial charge in [-0.15, -0.1) is 0 Å². The molecular weight excluding hydrogens is 398 g/mol. The minimum atomic E-state index is -0.684. The molecule has 0 bridgehead atoms. The fourth-order valence-corrected chi connectivity index (χ4v) is 3.99. The number of nitrogens with one attached hydrogen (secondary N) is 1. The summed E-state index contributed by atoms with van der Waals surface area (Å²) in [5, 5.41) is 16.3. The van der Waals surface area contributed by atoms with E-state index < -0.39 is 17.2 Å². The summed E-state index contributed by atoms with van der Waals surface area (Å²) in [7, 11) is 1.58. The van der Waals surface area contributed by atoms with E-state index in [-0.39, 0.29) is 11.6 Å². The van der Waals surface area contributed by atoms with Crippen LogP contribution in [0.15, 0.2) is 52.1 Å². The fraction of sp³-hybridized carbons (Fsp3) is 0.364. The first-order valence-electron chi connectivity index (χ1n) is 10.3. The molecule has 2 aromatic heterocycles. The minimum Gasteiger partial charge on any atom is -0.501 e. The third-order valence-corrected chi connectivity index (χ3v) is 5.64. The average Bonchev–Trinajstić information content (AvgIpc) is 3.30. The molecule has 0 radical (unpaired) electrons. The van der Waals surface area contributed by atoms with E-state index in [0.29, 0.717) is 11.5 Å². The van der Waals surface area contributed by atoms with Crippen molar-refractivity contribution in [1.29, 1.82) is 0 Å². The Morgan fingerprint density at radius 1 is 1.32 bits per heavy atom. The van der Waals surface area contributed by atoms with Crippen molar-refractivity contribution in [3.8, 4) is 5.75 Å². The summed E-state index contributed by atoms with van der Waals surface area (Å²) >= 11 is 0. The second-order valence-corrected chi connectivity index (χ2v) is 7.77. The number of likely N-dealkylation sites (tertiary alicyclic amines) is 1. The molecule has 31 heavy (non-hydrogen) atoms. The van der Waals surface area contributed by atoms with Gasteiger partial charge < -0.3 is 19.8 Å². The Balaban J connectivity index is 1.53. The summed E-state index contributed by atoms with van der Waals surface area (Å²) in [6, 6.07) is 10.3. The monoisotopic (exact) mass is 423 g/mol. The molecule has 4 rings (SSSR count). The molecule has 0 aliphatic carbocycles. The molecule has 162 valence electrons. The maximum absolute atomic E-state index is 12.6. The number of piperidine rings is 1. The highest BCUT2D eigenvalue weighted by Crippen LogP contribution is 2.26. The molecule has 1 fully saturated rings. The molecule has 1 aromatic carbocycles. The molecule has 3 aromatic rings. The molecule has 2 N–H and O–H groups in total. The van der Waals surface area contributed by atoms with Gasteiger partial charge in [-0.25, -0.2) is 4.98 Å². The van der Waals surface area contributed by atoms with Crippen molar-refractivity contribution in [2.24, 2.45) is 7.05 Å². The summed E-state index contributed by atoms with van der Waals surface area (Å²) in [4.78, 5) is 32.0. The molecule has 1 amide bonds. The van der Waals surface area contributed by atoms with Gasteiger partial charge in [0, 0.05) is 26.1 Å². The van der Waals surface area contributed by atoms with E-state index in [0.717, 1.165) is 38.9 Å². The highest BCUT2D eigenvalue weighted by atomic mass is 16.5. The summed E-state index contributed by atoms with van der Waals surface area (Å²) in [5.74, 6) is -0.860. The van der Waals surface area contributed by atoms with Crippen LogP contribution in [0.1, 0.15) is 40.6 Å². The number of anilines is 1. The van der Waals surface area contributed by atoms with Crippen LogP contribution in [0.2, 0.25) is 0 Å². The third-order valence-electron chi connectivity index (χ3n) is 5.64. The van der Waals surface area contributed by atoms with Crippen molar-refractivity contribution >= 4 is 11.6 Å². The van der Waals surface area contributed by atoms with Gasteiger partial charge in [-0.1, -0.05) is 35.5 Å². The minimum absolute atomic E-state index is 0.00929. The van der Waals surface area contributed by atoms with E-state index in [2.05, 4.69) is 32.5 Å². The largest absolute Gasteiger partial charge is 0.501 e. The van der Waals surface area contributed by atoms with Crippen LogP contribution < -0.4 is 10.9 Å². The van der Waals surface area contributed by atoms with Gasteiger partial charge in [0.2, 0.25) is 5.75 Å². The number of amides is 1. The Hall–Kier alpha value is -3.46. The van der Waals surface area contributed by atoms with Crippen LogP contribution in [0.25, 0.3) is 0 Å². The smallest absolute Gasteiger partial charge is 0.296 e. The van der Waals surface area contributed by atoms with Gasteiger partial charge in [0.15, 0.2) is 5.69 Å². The number of aromatic hydroxyl groups is 1. The molecule has 0 saturated carbocycles. The lowest BCUT2D eigenvalue weighted by molar-refractivity contribution is 0.101. The van der Waals surface area contributed by atoms with E-state index in [1.54, 1.807) is 7.05 Å². The predicted molar refractivity (Wildman–Crippen MR) is 114 cm³/mol. The van der Waals surface area contributed by atoms with Crippen molar-refractivity contribution in [2.75, 3.05) is 25.0 Å². The van der Waals surface area contributed by atoms with Crippen molar-refractivity contribution in [1.82, 2.24) is 19.6 Å². The first-order chi connectivity index (χ1) is 15.0. The number of carbonyl (C=O) groups is 1. The zero-order chi connectivity index (χ0) is 21.8. The Labute approximate surface area is 179 Å². The Morgan fingerprint density at radius 2 is 2.13 bits per heavy atom. The lowest BCUT2D eigenvalue weighted by Gasteiger charge is -2.33. The number of benzene rings is 1. The van der Waals surface area contributed by atoms with Gasteiger partial charge in [0.1, 0.15) is 17.8 Å². The summed E-state index contributed by atoms with van der Waals surface area (Å²) in [6.07, 6.45) is 5.35. The van der Waals surface area contributed by atoms with Gasteiger partial charge in [-0.3, -0.25) is 14.2 Å². The molecule has 0 spiro atoms. The molecule has 9 heteroatoms. The fourth-order valence-electron chi connectivity index (χ4n) is 3.99. The molecule has 1 aliphatic heterocycles. The maximum Gasteiger partial charge on any atom is 0.296 e. The quantitative estimate of drug-likeness (QED) is 0.624. The van der Waals surface area contributed by atoms with E-state index in [1.165, 1.54) is 22.6 Å². The number of nitrogens with zero attached hydrogens (tertiary/aromatic N) is 4. The Bertz CT molecular complexity index is 1100. The van der Waals surface area contributed by atoms with Crippen LogP contribution in [0.5, 0.6) is 5.75 Å². The van der Waals surface area contributed by atoms with Crippen molar-refractivity contribution in [3.05, 3.63) is 70.2 Å². The summed E-state index contributed by atoms with van der Waals surface area (Å²) < 4.78 is 6.04. The highest BCUT2D eigenvalue weighted by molar-refractivity contribution is 6.04. The van der Waals surface area contributed by atoms with E-state index in [4.69, 9.17) is 4.52 Å². The van der Waals surface area contributed by atoms with E-state index >= 15 is 0 Å². The lowest BCUT2D eigenvalue weighted by Crippen LogP contribution is -2.38. The molecule has 1 saturated heterocycles. The maximum atomic E-state index is 12.6. The third kappa shape index (κ3) is 4.66. The molecule has 3 heterocycles. The van der Waals surface area contributed by atoms with Crippen LogP contribution in [-0.2, 0) is 13.5 Å². The molecule has 9 nitrogen and oxygen atoms in total. The van der Waals surface area contributed by atoms with Crippen LogP contribution in [0.3, 0.4) is 0 Å². The normalized spacial score (nSPS) is 16.9. The molecule has 1 atom stereocenters.